The molecule has 0 aromatic carbocycles. The summed E-state index contributed by atoms with van der Waals surface area (Å²) in [6.07, 6.45) is 10.1. The summed E-state index contributed by atoms with van der Waals surface area (Å²) < 4.78 is 2.17. The number of piperidine rings is 1. The Balaban J connectivity index is 0.00000121. The van der Waals surface area contributed by atoms with E-state index in [2.05, 4.69) is 29.7 Å². The van der Waals surface area contributed by atoms with E-state index in [4.69, 9.17) is 5.73 Å². The first-order valence-electron chi connectivity index (χ1n) is 8.86. The van der Waals surface area contributed by atoms with Gasteiger partial charge in [0.05, 0.1) is 12.0 Å². The molecule has 9 heteroatoms. The second-order valence-electron chi connectivity index (χ2n) is 6.79. The van der Waals surface area contributed by atoms with E-state index in [0.717, 1.165) is 57.1 Å². The molecule has 1 unspecified atom stereocenters. The van der Waals surface area contributed by atoms with Crippen LogP contribution in [-0.2, 0) is 19.4 Å². The Hall–Kier alpha value is -1.57. The Bertz CT molecular complexity index is 693. The van der Waals surface area contributed by atoms with Crippen molar-refractivity contribution in [2.75, 3.05) is 36.8 Å². The maximum absolute atomic E-state index is 6.00. The number of nitrogen functional groups attached to an aromatic ring is 1. The molecule has 0 amide bonds. The van der Waals surface area contributed by atoms with Crippen LogP contribution >= 0.6 is 24.8 Å². The lowest BCUT2D eigenvalue weighted by Crippen LogP contribution is -2.38. The van der Waals surface area contributed by atoms with Gasteiger partial charge in [0.25, 0.3) is 0 Å². The fourth-order valence-corrected chi connectivity index (χ4v) is 3.90. The van der Waals surface area contributed by atoms with Crippen molar-refractivity contribution >= 4 is 36.6 Å². The quantitative estimate of drug-likeness (QED) is 0.816. The fourth-order valence-electron chi connectivity index (χ4n) is 3.90. The third-order valence-electron chi connectivity index (χ3n) is 5.03. The third-order valence-corrected chi connectivity index (χ3v) is 5.03. The van der Waals surface area contributed by atoms with Gasteiger partial charge in [-0.15, -0.1) is 24.8 Å². The molecule has 2 aromatic heterocycles. The Kier molecular flexibility index (Phi) is 7.49. The van der Waals surface area contributed by atoms with Gasteiger partial charge in [0.2, 0.25) is 5.95 Å². The largest absolute Gasteiger partial charge is 0.368 e. The summed E-state index contributed by atoms with van der Waals surface area (Å²) in [6, 6.07) is 0. The number of hydrogen-bond acceptors (Lipinski definition) is 6. The summed E-state index contributed by atoms with van der Waals surface area (Å²) in [5, 5.41) is 3.44. The second-order valence-corrected chi connectivity index (χ2v) is 6.79. The number of hydrogen-bond donors (Lipinski definition) is 2. The van der Waals surface area contributed by atoms with Crippen molar-refractivity contribution in [2.45, 2.75) is 32.2 Å². The number of halogens is 2. The molecule has 3 N–H and O–H groups in total. The number of nitrogens with zero attached hydrogens (tertiary/aromatic N) is 5. The van der Waals surface area contributed by atoms with E-state index in [1.165, 1.54) is 18.4 Å². The highest BCUT2D eigenvalue weighted by molar-refractivity contribution is 5.85. The molecule has 4 rings (SSSR count). The zero-order valence-corrected chi connectivity index (χ0v) is 16.4. The first-order chi connectivity index (χ1) is 11.8. The van der Waals surface area contributed by atoms with Gasteiger partial charge >= 0.3 is 0 Å². The van der Waals surface area contributed by atoms with Gasteiger partial charge < -0.3 is 20.5 Å². The minimum absolute atomic E-state index is 0. The van der Waals surface area contributed by atoms with Crippen LogP contribution < -0.4 is 16.0 Å². The first kappa shape index (κ1) is 20.7. The molecule has 0 spiro atoms. The Morgan fingerprint density at radius 3 is 2.85 bits per heavy atom. The number of imidazole rings is 1. The predicted molar refractivity (Wildman–Crippen MR) is 108 cm³/mol. The van der Waals surface area contributed by atoms with Crippen molar-refractivity contribution in [1.29, 1.82) is 0 Å². The minimum atomic E-state index is 0. The lowest BCUT2D eigenvalue weighted by molar-refractivity contribution is 0.365. The first-order valence-corrected chi connectivity index (χ1v) is 8.86. The molecule has 0 aliphatic carbocycles. The molecule has 26 heavy (non-hydrogen) atoms. The Morgan fingerprint density at radius 2 is 2.04 bits per heavy atom. The van der Waals surface area contributed by atoms with Crippen LogP contribution in [0.15, 0.2) is 18.7 Å². The molecular weight excluding hydrogens is 373 g/mol. The lowest BCUT2D eigenvalue weighted by atomic mass is 9.97. The third kappa shape index (κ3) is 4.58. The van der Waals surface area contributed by atoms with Gasteiger partial charge in [-0.3, -0.25) is 0 Å². The lowest BCUT2D eigenvalue weighted by Gasteiger charge is -2.35. The van der Waals surface area contributed by atoms with Crippen LogP contribution in [0.25, 0.3) is 0 Å². The van der Waals surface area contributed by atoms with Crippen LogP contribution in [0.1, 0.15) is 24.1 Å². The number of fused-ring (bicyclic) bond motifs is 1. The molecule has 4 heterocycles. The topological polar surface area (TPSA) is 84.9 Å². The van der Waals surface area contributed by atoms with Crippen molar-refractivity contribution in [3.8, 4) is 0 Å². The molecule has 1 saturated heterocycles. The van der Waals surface area contributed by atoms with E-state index >= 15 is 0 Å². The van der Waals surface area contributed by atoms with Crippen LogP contribution in [0.4, 0.5) is 11.8 Å². The van der Waals surface area contributed by atoms with Crippen molar-refractivity contribution in [1.82, 2.24) is 24.8 Å². The van der Waals surface area contributed by atoms with Gasteiger partial charge in [-0.05, 0) is 31.7 Å². The summed E-state index contributed by atoms with van der Waals surface area (Å²) in [7, 11) is 0. The average molecular weight is 400 g/mol. The van der Waals surface area contributed by atoms with Crippen LogP contribution in [0, 0.1) is 5.92 Å². The summed E-state index contributed by atoms with van der Waals surface area (Å²) in [5.74, 6) is 2.09. The maximum atomic E-state index is 6.00. The molecule has 0 bridgehead atoms. The normalized spacial score (nSPS) is 19.7. The summed E-state index contributed by atoms with van der Waals surface area (Å²) in [4.78, 5) is 15.7. The predicted octanol–water partition coefficient (Wildman–Crippen LogP) is 1.70. The van der Waals surface area contributed by atoms with Crippen LogP contribution in [0.2, 0.25) is 0 Å². The molecule has 1 fully saturated rings. The van der Waals surface area contributed by atoms with Crippen molar-refractivity contribution < 1.29 is 0 Å². The smallest absolute Gasteiger partial charge is 0.222 e. The van der Waals surface area contributed by atoms with E-state index in [-0.39, 0.29) is 24.8 Å². The summed E-state index contributed by atoms with van der Waals surface area (Å²) in [5.41, 5.74) is 8.42. The second kappa shape index (κ2) is 9.39. The molecule has 7 nitrogen and oxygen atoms in total. The van der Waals surface area contributed by atoms with E-state index in [1.807, 2.05) is 18.7 Å². The van der Waals surface area contributed by atoms with Gasteiger partial charge in [0.1, 0.15) is 5.82 Å². The van der Waals surface area contributed by atoms with Crippen LogP contribution in [-0.4, -0.2) is 45.7 Å². The van der Waals surface area contributed by atoms with Gasteiger partial charge in [-0.25, -0.2) is 9.97 Å². The molecule has 2 aliphatic rings. The standard InChI is InChI=1S/C17H25N7.2ClH/c18-17-21-15-4-6-19-5-3-14(15)16(22-17)24-8-1-2-13(11-24)10-23-9-7-20-12-23;;/h7,9,12-13,19H,1-6,8,10-11H2,(H2,18,21,22);2*1H. The molecular formula is C17H27Cl2N7. The van der Waals surface area contributed by atoms with E-state index in [1.54, 1.807) is 0 Å². The molecule has 2 aromatic rings. The van der Waals surface area contributed by atoms with Gasteiger partial charge in [0, 0.05) is 50.6 Å². The zero-order chi connectivity index (χ0) is 16.4. The monoisotopic (exact) mass is 399 g/mol. The minimum Gasteiger partial charge on any atom is -0.368 e. The van der Waals surface area contributed by atoms with E-state index < -0.39 is 0 Å². The SMILES string of the molecule is Cl.Cl.Nc1nc2c(c(N3CCCC(Cn4ccnc4)C3)n1)CCNCC2. The molecule has 0 radical (unpaired) electrons. The highest BCUT2D eigenvalue weighted by Gasteiger charge is 2.25. The maximum Gasteiger partial charge on any atom is 0.222 e. The fraction of sp³-hybridized carbons (Fsp3) is 0.588. The van der Waals surface area contributed by atoms with Crippen LogP contribution in [0.5, 0.6) is 0 Å². The van der Waals surface area contributed by atoms with Gasteiger partial charge in [0.15, 0.2) is 0 Å². The summed E-state index contributed by atoms with van der Waals surface area (Å²) >= 11 is 0. The molecule has 0 saturated carbocycles. The number of rotatable bonds is 3. The average Bonchev–Trinajstić information content (AvgIpc) is 2.98. The highest BCUT2D eigenvalue weighted by atomic mass is 35.5. The van der Waals surface area contributed by atoms with Crippen molar-refractivity contribution in [3.63, 3.8) is 0 Å². The van der Waals surface area contributed by atoms with Gasteiger partial charge in [-0.2, -0.15) is 4.98 Å². The highest BCUT2D eigenvalue weighted by Crippen LogP contribution is 2.28. The molecule has 144 valence electrons. The van der Waals surface area contributed by atoms with Gasteiger partial charge in [-0.1, -0.05) is 0 Å². The van der Waals surface area contributed by atoms with E-state index in [9.17, 15) is 0 Å². The van der Waals surface area contributed by atoms with Crippen LogP contribution in [0.3, 0.4) is 0 Å². The zero-order valence-electron chi connectivity index (χ0n) is 14.8. The molecule has 1 atom stereocenters. The number of aromatic nitrogens is 4. The van der Waals surface area contributed by atoms with Crippen molar-refractivity contribution in [2.24, 2.45) is 5.92 Å². The number of nitrogens with two attached hydrogens (primary N) is 1. The van der Waals surface area contributed by atoms with E-state index in [0.29, 0.717) is 11.9 Å². The number of anilines is 2. The van der Waals surface area contributed by atoms with Crippen molar-refractivity contribution in [3.05, 3.63) is 30.0 Å². The Morgan fingerprint density at radius 1 is 1.19 bits per heavy atom. The number of nitrogens with one attached hydrogen (secondary N) is 1. The summed E-state index contributed by atoms with van der Waals surface area (Å²) in [6.45, 7) is 5.04. The Labute approximate surface area is 166 Å². The molecule has 2 aliphatic heterocycles.